The summed E-state index contributed by atoms with van der Waals surface area (Å²) in [7, 11) is 1.56. The molecule has 1 saturated carbocycles. The first-order chi connectivity index (χ1) is 24.7. The minimum absolute atomic E-state index is 0.0230. The number of aromatic nitrogens is 1. The van der Waals surface area contributed by atoms with Gasteiger partial charge in [0.1, 0.15) is 40.7 Å². The summed E-state index contributed by atoms with van der Waals surface area (Å²) in [6.07, 6.45) is 4.55. The highest BCUT2D eigenvalue weighted by molar-refractivity contribution is 6.01. The molecule has 3 amide bonds. The molecule has 1 aromatic heterocycles. The molecule has 3 fully saturated rings. The van der Waals surface area contributed by atoms with Crippen LogP contribution in [0.1, 0.15) is 71.6 Å². The number of hydrogen-bond acceptors (Lipinski definition) is 8. The molecule has 1 unspecified atom stereocenters. The fraction of sp³-hybridized carbons (Fsp3) is 0.333. The van der Waals surface area contributed by atoms with E-state index in [1.807, 2.05) is 24.3 Å². The van der Waals surface area contributed by atoms with Gasteiger partial charge in [0.25, 0.3) is 5.91 Å². The molecule has 4 aromatic rings. The lowest BCUT2D eigenvalue weighted by Gasteiger charge is -2.39. The Labute approximate surface area is 293 Å². The maximum atomic E-state index is 15.0. The molecule has 2 saturated heterocycles. The molecule has 12 heteroatoms. The van der Waals surface area contributed by atoms with Gasteiger partial charge in [0.05, 0.1) is 12.1 Å². The number of pyridine rings is 1. The third-order valence-corrected chi connectivity index (χ3v) is 10.0. The van der Waals surface area contributed by atoms with Gasteiger partial charge in [-0.3, -0.25) is 19.7 Å². The zero-order valence-corrected chi connectivity index (χ0v) is 28.0. The number of nitrogens with one attached hydrogen (secondary N) is 3. The number of halogens is 2. The van der Waals surface area contributed by atoms with Crippen LogP contribution in [0.3, 0.4) is 0 Å². The van der Waals surface area contributed by atoms with E-state index in [0.29, 0.717) is 48.9 Å². The number of hydrogen-bond donors (Lipinski definition) is 3. The number of imide groups is 1. The Morgan fingerprint density at radius 1 is 0.902 bits per heavy atom. The van der Waals surface area contributed by atoms with Crippen LogP contribution in [0.25, 0.3) is 0 Å². The minimum atomic E-state index is -1.03. The molecule has 0 bridgehead atoms. The minimum Gasteiger partial charge on any atom is -0.490 e. The summed E-state index contributed by atoms with van der Waals surface area (Å²) in [6, 6.07) is 21.9. The van der Waals surface area contributed by atoms with Gasteiger partial charge in [-0.1, -0.05) is 24.3 Å². The Balaban J connectivity index is 0.957. The first kappa shape index (κ1) is 34.1. The monoisotopic (exact) mass is 696 g/mol. The second-order valence-corrected chi connectivity index (χ2v) is 13.2. The Morgan fingerprint density at radius 3 is 2.12 bits per heavy atom. The number of rotatable bonds is 10. The van der Waals surface area contributed by atoms with Crippen LogP contribution in [-0.4, -0.2) is 55.1 Å². The topological polar surface area (TPSA) is 128 Å². The number of carbonyl (C=O) groups excluding carboxylic acids is 3. The van der Waals surface area contributed by atoms with Crippen LogP contribution < -0.4 is 25.4 Å². The van der Waals surface area contributed by atoms with Crippen molar-refractivity contribution >= 4 is 23.4 Å². The van der Waals surface area contributed by atoms with Crippen molar-refractivity contribution in [1.82, 2.24) is 15.6 Å². The Kier molecular flexibility index (Phi) is 9.68. The number of amides is 3. The van der Waals surface area contributed by atoms with E-state index in [1.54, 1.807) is 19.2 Å². The quantitative estimate of drug-likeness (QED) is 0.169. The Morgan fingerprint density at radius 2 is 1.53 bits per heavy atom. The van der Waals surface area contributed by atoms with Crippen LogP contribution in [0.4, 0.5) is 14.5 Å². The summed E-state index contributed by atoms with van der Waals surface area (Å²) < 4.78 is 47.9. The van der Waals surface area contributed by atoms with E-state index in [1.165, 1.54) is 23.9 Å². The maximum Gasteiger partial charge on any atom is 0.269 e. The van der Waals surface area contributed by atoms with Crippen molar-refractivity contribution in [3.63, 3.8) is 0 Å². The van der Waals surface area contributed by atoms with E-state index in [9.17, 15) is 23.2 Å². The molecule has 10 nitrogen and oxygen atoms in total. The van der Waals surface area contributed by atoms with Crippen LogP contribution >= 0.6 is 0 Å². The van der Waals surface area contributed by atoms with E-state index in [2.05, 4.69) is 45.2 Å². The first-order valence-electron chi connectivity index (χ1n) is 17.1. The summed E-state index contributed by atoms with van der Waals surface area (Å²) >= 11 is 0. The van der Waals surface area contributed by atoms with Crippen LogP contribution in [0.2, 0.25) is 0 Å². The number of piperidine rings is 1. The number of benzene rings is 3. The van der Waals surface area contributed by atoms with Crippen molar-refractivity contribution in [2.24, 2.45) is 0 Å². The summed E-state index contributed by atoms with van der Waals surface area (Å²) in [6.45, 7) is 1.29. The van der Waals surface area contributed by atoms with Gasteiger partial charge in [0.15, 0.2) is 0 Å². The van der Waals surface area contributed by atoms with E-state index in [-0.39, 0.29) is 41.9 Å². The predicted molar refractivity (Wildman–Crippen MR) is 184 cm³/mol. The maximum absolute atomic E-state index is 15.0. The summed E-state index contributed by atoms with van der Waals surface area (Å²) in [5, 5.41) is 7.88. The summed E-state index contributed by atoms with van der Waals surface area (Å²) in [5.74, 6) is -2.09. The third kappa shape index (κ3) is 7.27. The van der Waals surface area contributed by atoms with Gasteiger partial charge in [0.2, 0.25) is 11.8 Å². The Hall–Kier alpha value is -5.36. The highest BCUT2D eigenvalue weighted by Crippen LogP contribution is 2.43. The van der Waals surface area contributed by atoms with Gasteiger partial charge in [-0.15, -0.1) is 0 Å². The zero-order chi connectivity index (χ0) is 35.5. The van der Waals surface area contributed by atoms with Gasteiger partial charge < -0.3 is 24.8 Å². The lowest BCUT2D eigenvalue weighted by molar-refractivity contribution is -0.134. The van der Waals surface area contributed by atoms with Gasteiger partial charge in [-0.25, -0.2) is 13.8 Å². The number of carbonyl (C=O) groups is 3. The van der Waals surface area contributed by atoms with Crippen molar-refractivity contribution in [2.75, 3.05) is 25.6 Å². The molecule has 1 aliphatic carbocycles. The normalized spacial score (nSPS) is 21.2. The molecule has 51 heavy (non-hydrogen) atoms. The van der Waals surface area contributed by atoms with Crippen LogP contribution in [-0.2, 0) is 19.7 Å². The summed E-state index contributed by atoms with van der Waals surface area (Å²) in [4.78, 5) is 39.6. The van der Waals surface area contributed by atoms with Crippen LogP contribution in [0.15, 0.2) is 79.0 Å². The molecule has 2 aliphatic heterocycles. The molecule has 0 spiro atoms. The fourth-order valence-electron chi connectivity index (χ4n) is 7.17. The molecule has 1 atom stereocenters. The van der Waals surface area contributed by atoms with Crippen molar-refractivity contribution in [3.8, 4) is 17.2 Å². The lowest BCUT2D eigenvalue weighted by atomic mass is 9.69. The highest BCUT2D eigenvalue weighted by atomic mass is 19.1. The SMILES string of the molecule is CNC(=O)c1ccc(Oc2ccc(C3(c4ccc(OC5CC(Nc6cc(F)c(C7CCC(=O)NC7=O)c(F)c6)C5)cc4)CCOCC3)cc2)cn1. The van der Waals surface area contributed by atoms with Gasteiger partial charge in [-0.05, 0) is 78.9 Å². The lowest BCUT2D eigenvalue weighted by Crippen LogP contribution is -2.42. The molecule has 0 radical (unpaired) electrons. The molecular weight excluding hydrogens is 658 g/mol. The molecule has 3 N–H and O–H groups in total. The van der Waals surface area contributed by atoms with Crippen molar-refractivity contribution in [1.29, 1.82) is 0 Å². The second-order valence-electron chi connectivity index (χ2n) is 13.2. The molecular formula is C39H38F2N4O6. The van der Waals surface area contributed by atoms with Gasteiger partial charge in [0, 0.05) is 62.2 Å². The highest BCUT2D eigenvalue weighted by Gasteiger charge is 2.37. The molecule has 3 aromatic carbocycles. The van der Waals surface area contributed by atoms with Crippen molar-refractivity contribution in [3.05, 3.63) is 113 Å². The molecule has 264 valence electrons. The average Bonchev–Trinajstić information content (AvgIpc) is 3.12. The second kappa shape index (κ2) is 14.5. The zero-order valence-electron chi connectivity index (χ0n) is 28.0. The first-order valence-corrected chi connectivity index (χ1v) is 17.1. The van der Waals surface area contributed by atoms with Crippen LogP contribution in [0, 0.1) is 11.6 Å². The standard InChI is InChI=1S/C39H38F2N4O6/c1-42-38(48)34-12-10-29(22-43-34)50-27-6-2-23(3-7-27)39(14-16-49-17-15-39)24-4-8-28(9-5-24)51-30-18-25(19-30)44-26-20-32(40)36(33(41)21-26)31-11-13-35(46)45-37(31)47/h2-10,12,20-22,25,30-31,44H,11,13-19H2,1H3,(H,42,48)(H,45,46,47). The number of nitrogens with zero attached hydrogens (tertiary/aromatic N) is 1. The number of ether oxygens (including phenoxy) is 3. The number of anilines is 1. The van der Waals surface area contributed by atoms with E-state index < -0.39 is 29.4 Å². The van der Waals surface area contributed by atoms with E-state index in [4.69, 9.17) is 14.2 Å². The van der Waals surface area contributed by atoms with Gasteiger partial charge >= 0.3 is 0 Å². The fourth-order valence-corrected chi connectivity index (χ4v) is 7.17. The van der Waals surface area contributed by atoms with E-state index in [0.717, 1.165) is 24.2 Å². The van der Waals surface area contributed by atoms with Crippen LogP contribution in [0.5, 0.6) is 17.2 Å². The van der Waals surface area contributed by atoms with Gasteiger partial charge in [-0.2, -0.15) is 0 Å². The molecule has 7 rings (SSSR count). The Bertz CT molecular complexity index is 1880. The molecule has 3 aliphatic rings. The predicted octanol–water partition coefficient (Wildman–Crippen LogP) is 6.15. The molecule has 3 heterocycles. The van der Waals surface area contributed by atoms with E-state index >= 15 is 0 Å². The smallest absolute Gasteiger partial charge is 0.269 e. The van der Waals surface area contributed by atoms with Crippen molar-refractivity contribution in [2.45, 2.75) is 62.0 Å². The van der Waals surface area contributed by atoms with Crippen molar-refractivity contribution < 1.29 is 37.4 Å². The third-order valence-electron chi connectivity index (χ3n) is 10.0. The summed E-state index contributed by atoms with van der Waals surface area (Å²) in [5.41, 5.74) is 2.39. The largest absolute Gasteiger partial charge is 0.490 e. The average molecular weight is 697 g/mol.